The molecule has 0 amide bonds. The molecule has 2 fully saturated rings. The minimum absolute atomic E-state index is 0.0804. The van der Waals surface area contributed by atoms with Crippen LogP contribution in [0.1, 0.15) is 12.8 Å². The van der Waals surface area contributed by atoms with E-state index >= 15 is 0 Å². The van der Waals surface area contributed by atoms with E-state index in [1.807, 2.05) is 0 Å². The molecular formula is C10H17NO3. The first-order valence-corrected chi connectivity index (χ1v) is 5.29. The number of nitrogens with one attached hydrogen (secondary N) is 1. The van der Waals surface area contributed by atoms with Gasteiger partial charge in [0.05, 0.1) is 19.3 Å². The Labute approximate surface area is 84.0 Å². The molecule has 2 rings (SSSR count). The molecule has 0 aliphatic carbocycles. The van der Waals surface area contributed by atoms with Gasteiger partial charge in [0.2, 0.25) is 0 Å². The maximum absolute atomic E-state index is 11.7. The second kappa shape index (κ2) is 4.87. The molecule has 80 valence electrons. The molecule has 0 aromatic heterocycles. The van der Waals surface area contributed by atoms with Crippen molar-refractivity contribution in [1.82, 2.24) is 5.32 Å². The number of Topliss-reactive ketones (excluding diaryl/α,β-unsaturated/α-hetero) is 1. The number of rotatable bonds is 3. The van der Waals surface area contributed by atoms with Gasteiger partial charge in [-0.2, -0.15) is 0 Å². The molecule has 4 heteroatoms. The largest absolute Gasteiger partial charge is 0.381 e. The molecule has 0 aromatic rings. The van der Waals surface area contributed by atoms with E-state index in [9.17, 15) is 4.79 Å². The highest BCUT2D eigenvalue weighted by Crippen LogP contribution is 2.17. The Morgan fingerprint density at radius 3 is 3.00 bits per heavy atom. The van der Waals surface area contributed by atoms with Gasteiger partial charge >= 0.3 is 0 Å². The van der Waals surface area contributed by atoms with Crippen LogP contribution in [0.5, 0.6) is 0 Å². The van der Waals surface area contributed by atoms with E-state index in [1.165, 1.54) is 0 Å². The highest BCUT2D eigenvalue weighted by molar-refractivity contribution is 5.81. The van der Waals surface area contributed by atoms with Crippen molar-refractivity contribution < 1.29 is 14.3 Å². The molecule has 1 N–H and O–H groups in total. The van der Waals surface area contributed by atoms with Crippen molar-refractivity contribution in [1.29, 1.82) is 0 Å². The second-order valence-corrected chi connectivity index (χ2v) is 3.93. The Balaban J connectivity index is 1.75. The van der Waals surface area contributed by atoms with Crippen LogP contribution in [-0.4, -0.2) is 44.8 Å². The smallest absolute Gasteiger partial charge is 0.140 e. The van der Waals surface area contributed by atoms with Crippen molar-refractivity contribution in [3.8, 4) is 0 Å². The van der Waals surface area contributed by atoms with Crippen LogP contribution in [0, 0.1) is 5.92 Å². The van der Waals surface area contributed by atoms with Gasteiger partial charge in [0.15, 0.2) is 0 Å². The zero-order valence-electron chi connectivity index (χ0n) is 8.33. The third kappa shape index (κ3) is 2.53. The summed E-state index contributed by atoms with van der Waals surface area (Å²) >= 11 is 0. The lowest BCUT2D eigenvalue weighted by molar-refractivity contribution is -0.126. The Kier molecular flexibility index (Phi) is 3.50. The lowest BCUT2D eigenvalue weighted by atomic mass is 9.98. The van der Waals surface area contributed by atoms with Gasteiger partial charge in [0, 0.05) is 32.0 Å². The molecular weight excluding hydrogens is 182 g/mol. The topological polar surface area (TPSA) is 47.6 Å². The summed E-state index contributed by atoms with van der Waals surface area (Å²) in [4.78, 5) is 11.7. The molecule has 14 heavy (non-hydrogen) atoms. The molecule has 2 heterocycles. The Bertz CT molecular complexity index is 196. The summed E-state index contributed by atoms with van der Waals surface area (Å²) in [6, 6.07) is 0. The van der Waals surface area contributed by atoms with Crippen molar-refractivity contribution in [2.45, 2.75) is 18.9 Å². The molecule has 0 spiro atoms. The molecule has 0 radical (unpaired) electrons. The Morgan fingerprint density at radius 2 is 2.36 bits per heavy atom. The van der Waals surface area contributed by atoms with Crippen LogP contribution in [-0.2, 0) is 14.3 Å². The first-order chi connectivity index (χ1) is 6.86. The predicted molar refractivity (Wildman–Crippen MR) is 51.2 cm³/mol. The van der Waals surface area contributed by atoms with Crippen LogP contribution in [0.25, 0.3) is 0 Å². The van der Waals surface area contributed by atoms with E-state index in [2.05, 4.69) is 5.32 Å². The molecule has 2 saturated heterocycles. The van der Waals surface area contributed by atoms with Crippen LogP contribution in [0.15, 0.2) is 0 Å². The summed E-state index contributed by atoms with van der Waals surface area (Å²) in [7, 11) is 0. The number of carbonyl (C=O) groups excluding carboxylic acids is 1. The zero-order valence-corrected chi connectivity index (χ0v) is 8.33. The molecule has 2 aliphatic heterocycles. The van der Waals surface area contributed by atoms with Crippen LogP contribution in [0.3, 0.4) is 0 Å². The van der Waals surface area contributed by atoms with Gasteiger partial charge in [-0.05, 0) is 6.42 Å². The molecule has 2 aliphatic rings. The number of ether oxygens (including phenoxy) is 2. The minimum atomic E-state index is 0.0804. The maximum Gasteiger partial charge on any atom is 0.140 e. The first kappa shape index (κ1) is 10.1. The van der Waals surface area contributed by atoms with Crippen molar-refractivity contribution >= 4 is 5.78 Å². The van der Waals surface area contributed by atoms with Gasteiger partial charge in [0.1, 0.15) is 5.78 Å². The van der Waals surface area contributed by atoms with Crippen molar-refractivity contribution in [2.24, 2.45) is 5.92 Å². The van der Waals surface area contributed by atoms with Crippen molar-refractivity contribution in [3.05, 3.63) is 0 Å². The molecule has 2 atom stereocenters. The lowest BCUT2D eigenvalue weighted by Gasteiger charge is -2.23. The van der Waals surface area contributed by atoms with E-state index < -0.39 is 0 Å². The van der Waals surface area contributed by atoms with E-state index in [1.54, 1.807) is 0 Å². The second-order valence-electron chi connectivity index (χ2n) is 3.93. The average Bonchev–Trinajstić information content (AvgIpc) is 2.72. The molecule has 0 aromatic carbocycles. The SMILES string of the molecule is O=C(CC1CNCCO1)C1CCOC1. The Hall–Kier alpha value is -0.450. The summed E-state index contributed by atoms with van der Waals surface area (Å²) in [5, 5.41) is 3.22. The van der Waals surface area contributed by atoms with Crippen LogP contribution >= 0.6 is 0 Å². The number of carbonyl (C=O) groups is 1. The summed E-state index contributed by atoms with van der Waals surface area (Å²) in [6.07, 6.45) is 1.51. The number of hydrogen-bond acceptors (Lipinski definition) is 4. The minimum Gasteiger partial charge on any atom is -0.381 e. The van der Waals surface area contributed by atoms with E-state index in [0.717, 1.165) is 32.7 Å². The summed E-state index contributed by atoms with van der Waals surface area (Å²) < 4.78 is 10.7. The fourth-order valence-corrected chi connectivity index (χ4v) is 1.93. The standard InChI is InChI=1S/C10H17NO3/c12-10(8-1-3-13-7-8)5-9-6-11-2-4-14-9/h8-9,11H,1-7H2. The van der Waals surface area contributed by atoms with Crippen LogP contribution < -0.4 is 5.32 Å². The summed E-state index contributed by atoms with van der Waals surface area (Å²) in [5.41, 5.74) is 0. The molecule has 0 saturated carbocycles. The molecule has 2 unspecified atom stereocenters. The zero-order chi connectivity index (χ0) is 9.80. The van der Waals surface area contributed by atoms with Crippen LogP contribution in [0.2, 0.25) is 0 Å². The van der Waals surface area contributed by atoms with Gasteiger partial charge < -0.3 is 14.8 Å². The third-order valence-corrected chi connectivity index (χ3v) is 2.82. The highest BCUT2D eigenvalue weighted by Gasteiger charge is 2.26. The van der Waals surface area contributed by atoms with Gasteiger partial charge in [-0.1, -0.05) is 0 Å². The number of morpholine rings is 1. The lowest BCUT2D eigenvalue weighted by Crippen LogP contribution is -2.40. The van der Waals surface area contributed by atoms with Gasteiger partial charge in [-0.25, -0.2) is 0 Å². The van der Waals surface area contributed by atoms with Gasteiger partial charge in [0.25, 0.3) is 0 Å². The first-order valence-electron chi connectivity index (χ1n) is 5.29. The number of hydrogen-bond donors (Lipinski definition) is 1. The average molecular weight is 199 g/mol. The van der Waals surface area contributed by atoms with Crippen molar-refractivity contribution in [2.75, 3.05) is 32.9 Å². The van der Waals surface area contributed by atoms with E-state index in [4.69, 9.17) is 9.47 Å². The van der Waals surface area contributed by atoms with Crippen molar-refractivity contribution in [3.63, 3.8) is 0 Å². The fraction of sp³-hybridized carbons (Fsp3) is 0.900. The Morgan fingerprint density at radius 1 is 1.43 bits per heavy atom. The predicted octanol–water partition coefficient (Wildman–Crippen LogP) is -0.0295. The summed E-state index contributed by atoms with van der Waals surface area (Å²) in [5.74, 6) is 0.428. The monoisotopic (exact) mass is 199 g/mol. The third-order valence-electron chi connectivity index (χ3n) is 2.82. The van der Waals surface area contributed by atoms with Crippen LogP contribution in [0.4, 0.5) is 0 Å². The van der Waals surface area contributed by atoms with Gasteiger partial charge in [-0.15, -0.1) is 0 Å². The summed E-state index contributed by atoms with van der Waals surface area (Å²) in [6.45, 7) is 3.77. The molecule has 4 nitrogen and oxygen atoms in total. The normalized spacial score (nSPS) is 33.1. The molecule has 0 bridgehead atoms. The van der Waals surface area contributed by atoms with E-state index in [-0.39, 0.29) is 12.0 Å². The maximum atomic E-state index is 11.7. The highest BCUT2D eigenvalue weighted by atomic mass is 16.5. The van der Waals surface area contributed by atoms with Gasteiger partial charge in [-0.3, -0.25) is 4.79 Å². The fourth-order valence-electron chi connectivity index (χ4n) is 1.93. The number of ketones is 1. The quantitative estimate of drug-likeness (QED) is 0.693. The van der Waals surface area contributed by atoms with E-state index in [0.29, 0.717) is 18.8 Å².